The van der Waals surface area contributed by atoms with Crippen LogP contribution in [-0.4, -0.2) is 6.16 Å². The van der Waals surface area contributed by atoms with E-state index in [1.54, 1.807) is 5.56 Å². The van der Waals surface area contributed by atoms with Gasteiger partial charge in [-0.2, -0.15) is 0 Å². The highest BCUT2D eigenvalue weighted by Gasteiger charge is 2.26. The van der Waals surface area contributed by atoms with Crippen LogP contribution in [-0.2, 0) is 11.0 Å². The van der Waals surface area contributed by atoms with Crippen LogP contribution in [0.5, 0.6) is 0 Å². The first kappa shape index (κ1) is 24.5. The van der Waals surface area contributed by atoms with Crippen molar-refractivity contribution in [3.05, 3.63) is 95.1 Å². The minimum Gasteiger partial charge on any atom is -0.314 e. The number of rotatable bonds is 12. The molecule has 0 saturated heterocycles. The second kappa shape index (κ2) is 12.2. The molecule has 0 aliphatic heterocycles. The number of hydrogen-bond acceptors (Lipinski definition) is 1. The third-order valence-corrected chi connectivity index (χ3v) is 9.80. The molecule has 170 valence electrons. The first-order valence-electron chi connectivity index (χ1n) is 12.3. The molecule has 0 aliphatic carbocycles. The molecule has 3 rings (SSSR count). The molecular weight excluding hydrogens is 407 g/mol. The average Bonchev–Trinajstić information content (AvgIpc) is 2.80. The van der Waals surface area contributed by atoms with E-state index in [4.69, 9.17) is 0 Å². The van der Waals surface area contributed by atoms with Crippen LogP contribution < -0.4 is 10.6 Å². The fourth-order valence-electron chi connectivity index (χ4n) is 4.87. The summed E-state index contributed by atoms with van der Waals surface area (Å²) in [7, 11) is -2.54. The molecule has 0 heterocycles. The molecule has 0 radical (unpaired) electrons. The van der Waals surface area contributed by atoms with E-state index < -0.39 is 7.14 Å². The summed E-state index contributed by atoms with van der Waals surface area (Å²) in [5.41, 5.74) is 5.81. The van der Waals surface area contributed by atoms with Crippen molar-refractivity contribution in [3.63, 3.8) is 0 Å². The van der Waals surface area contributed by atoms with Crippen molar-refractivity contribution in [3.8, 4) is 0 Å². The molecule has 32 heavy (non-hydrogen) atoms. The van der Waals surface area contributed by atoms with Gasteiger partial charge in [0.25, 0.3) is 0 Å². The summed E-state index contributed by atoms with van der Waals surface area (Å²) in [4.78, 5) is 0. The summed E-state index contributed by atoms with van der Waals surface area (Å²) in [5.74, 6) is 0. The molecule has 1 nitrogen and oxygen atoms in total. The quantitative estimate of drug-likeness (QED) is 0.204. The van der Waals surface area contributed by atoms with E-state index in [0.29, 0.717) is 0 Å². The van der Waals surface area contributed by atoms with Crippen molar-refractivity contribution in [2.45, 2.75) is 72.1 Å². The number of aryl methyl sites for hydroxylation is 3. The molecule has 0 bridgehead atoms. The van der Waals surface area contributed by atoms with E-state index in [9.17, 15) is 4.57 Å². The van der Waals surface area contributed by atoms with Crippen molar-refractivity contribution in [1.29, 1.82) is 0 Å². The zero-order valence-electron chi connectivity index (χ0n) is 20.1. The third-order valence-electron chi connectivity index (χ3n) is 6.59. The normalized spacial score (nSPS) is 11.6. The third kappa shape index (κ3) is 6.69. The first-order chi connectivity index (χ1) is 15.5. The topological polar surface area (TPSA) is 17.1 Å². The Kier molecular flexibility index (Phi) is 9.36. The van der Waals surface area contributed by atoms with Gasteiger partial charge >= 0.3 is 0 Å². The van der Waals surface area contributed by atoms with E-state index in [-0.39, 0.29) is 0 Å². The zero-order chi connectivity index (χ0) is 22.8. The molecular formula is C30H39OP. The Balaban J connectivity index is 1.39. The SMILES string of the molecule is Cc1cc(C)c(CCCCCCCCCP(=O)(c2ccccc2)c2ccccc2)c(C)c1. The van der Waals surface area contributed by atoms with Gasteiger partial charge in [-0.3, -0.25) is 0 Å². The van der Waals surface area contributed by atoms with Crippen LogP contribution in [0, 0.1) is 20.8 Å². The molecule has 0 atom stereocenters. The lowest BCUT2D eigenvalue weighted by molar-refractivity contribution is 0.573. The minimum absolute atomic E-state index is 0.771. The Hall–Kier alpha value is -2.11. The fourth-order valence-corrected chi connectivity index (χ4v) is 7.66. The molecule has 0 fully saturated rings. The zero-order valence-corrected chi connectivity index (χ0v) is 21.0. The Morgan fingerprint density at radius 1 is 0.594 bits per heavy atom. The van der Waals surface area contributed by atoms with Gasteiger partial charge in [0.2, 0.25) is 0 Å². The summed E-state index contributed by atoms with van der Waals surface area (Å²) >= 11 is 0. The van der Waals surface area contributed by atoms with E-state index in [1.165, 1.54) is 61.6 Å². The highest BCUT2D eigenvalue weighted by molar-refractivity contribution is 7.78. The number of hydrogen-bond donors (Lipinski definition) is 0. The van der Waals surface area contributed by atoms with Gasteiger partial charge in [0, 0.05) is 16.8 Å². The second-order valence-corrected chi connectivity index (χ2v) is 12.2. The smallest absolute Gasteiger partial charge is 0.143 e. The summed E-state index contributed by atoms with van der Waals surface area (Å²) in [6, 6.07) is 24.8. The lowest BCUT2D eigenvalue weighted by atomic mass is 9.95. The number of unbranched alkanes of at least 4 members (excludes halogenated alkanes) is 6. The van der Waals surface area contributed by atoms with Crippen molar-refractivity contribution in [1.82, 2.24) is 0 Å². The lowest BCUT2D eigenvalue weighted by Gasteiger charge is -2.19. The molecule has 0 aliphatic rings. The fraction of sp³-hybridized carbons (Fsp3) is 0.400. The van der Waals surface area contributed by atoms with Gasteiger partial charge in [-0.05, 0) is 56.7 Å². The van der Waals surface area contributed by atoms with E-state index >= 15 is 0 Å². The standard InChI is InChI=1S/C30H39OP/c1-25-23-26(2)30(27(3)24-25)21-15-7-5-4-6-8-16-22-32(31,28-17-11-9-12-18-28)29-19-13-10-14-20-29/h9-14,17-20,23-24H,4-8,15-16,21-22H2,1-3H3. The van der Waals surface area contributed by atoms with Crippen LogP contribution in [0.2, 0.25) is 0 Å². The molecule has 0 amide bonds. The van der Waals surface area contributed by atoms with E-state index in [2.05, 4.69) is 32.9 Å². The summed E-state index contributed by atoms with van der Waals surface area (Å²) in [6.45, 7) is 6.68. The van der Waals surface area contributed by atoms with E-state index in [0.717, 1.165) is 23.2 Å². The summed E-state index contributed by atoms with van der Waals surface area (Å²) in [5, 5.41) is 1.99. The molecule has 0 aromatic heterocycles. The van der Waals surface area contributed by atoms with Crippen molar-refractivity contribution >= 4 is 17.8 Å². The predicted molar refractivity (Wildman–Crippen MR) is 141 cm³/mol. The number of benzene rings is 3. The molecule has 0 saturated carbocycles. The van der Waals surface area contributed by atoms with Crippen LogP contribution in [0.25, 0.3) is 0 Å². The maximum atomic E-state index is 14.0. The van der Waals surface area contributed by atoms with Gasteiger partial charge in [0.15, 0.2) is 0 Å². The lowest BCUT2D eigenvalue weighted by Crippen LogP contribution is -2.18. The van der Waals surface area contributed by atoms with Crippen LogP contribution >= 0.6 is 7.14 Å². The Morgan fingerprint density at radius 3 is 1.53 bits per heavy atom. The Morgan fingerprint density at radius 2 is 1.03 bits per heavy atom. The average molecular weight is 447 g/mol. The van der Waals surface area contributed by atoms with Gasteiger partial charge in [-0.15, -0.1) is 0 Å². The molecule has 0 N–H and O–H groups in total. The van der Waals surface area contributed by atoms with Gasteiger partial charge in [0.1, 0.15) is 7.14 Å². The Labute approximate surface area is 195 Å². The molecule has 0 spiro atoms. The summed E-state index contributed by atoms with van der Waals surface area (Å²) in [6.07, 6.45) is 10.6. The van der Waals surface area contributed by atoms with Gasteiger partial charge < -0.3 is 4.57 Å². The first-order valence-corrected chi connectivity index (χ1v) is 14.2. The highest BCUT2D eigenvalue weighted by atomic mass is 31.2. The molecule has 3 aromatic carbocycles. The van der Waals surface area contributed by atoms with Crippen molar-refractivity contribution in [2.75, 3.05) is 6.16 Å². The minimum atomic E-state index is -2.54. The predicted octanol–water partition coefficient (Wildman–Crippen LogP) is 7.90. The molecule has 3 aromatic rings. The monoisotopic (exact) mass is 446 g/mol. The van der Waals surface area contributed by atoms with Crippen molar-refractivity contribution in [2.24, 2.45) is 0 Å². The van der Waals surface area contributed by atoms with Crippen molar-refractivity contribution < 1.29 is 4.57 Å². The van der Waals surface area contributed by atoms with Crippen LogP contribution in [0.4, 0.5) is 0 Å². The van der Waals surface area contributed by atoms with Gasteiger partial charge in [-0.25, -0.2) is 0 Å². The van der Waals surface area contributed by atoms with Crippen LogP contribution in [0.3, 0.4) is 0 Å². The Bertz CT molecular complexity index is 941. The van der Waals surface area contributed by atoms with Crippen LogP contribution in [0.15, 0.2) is 72.8 Å². The maximum absolute atomic E-state index is 14.0. The molecule has 0 unspecified atom stereocenters. The van der Waals surface area contributed by atoms with Crippen LogP contribution in [0.1, 0.15) is 67.2 Å². The largest absolute Gasteiger partial charge is 0.314 e. The highest BCUT2D eigenvalue weighted by Crippen LogP contribution is 2.44. The van der Waals surface area contributed by atoms with Gasteiger partial charge in [0.05, 0.1) is 0 Å². The summed E-state index contributed by atoms with van der Waals surface area (Å²) < 4.78 is 14.0. The maximum Gasteiger partial charge on any atom is 0.143 e. The second-order valence-electron chi connectivity index (χ2n) is 9.24. The van der Waals surface area contributed by atoms with E-state index in [1.807, 2.05) is 60.7 Å². The van der Waals surface area contributed by atoms with Gasteiger partial charge in [-0.1, -0.05) is 110 Å². The molecule has 2 heteroatoms.